The van der Waals surface area contributed by atoms with Crippen molar-refractivity contribution in [1.82, 2.24) is 10.6 Å². The Bertz CT molecular complexity index is 498. The Morgan fingerprint density at radius 3 is 2.54 bits per heavy atom. The maximum Gasteiger partial charge on any atom is 0.166 e. The number of halogens is 1. The van der Waals surface area contributed by atoms with Crippen LogP contribution in [0.5, 0.6) is 0 Å². The molecule has 1 aromatic carbocycles. The van der Waals surface area contributed by atoms with Crippen molar-refractivity contribution in [2.75, 3.05) is 40.3 Å². The van der Waals surface area contributed by atoms with Crippen molar-refractivity contribution in [3.8, 4) is 0 Å². The minimum atomic E-state index is 0.512. The highest BCUT2D eigenvalue weighted by Gasteiger charge is 2.22. The number of benzene rings is 1. The topological polar surface area (TPSA) is 32.9 Å². The van der Waals surface area contributed by atoms with Gasteiger partial charge in [0.25, 0.3) is 0 Å². The van der Waals surface area contributed by atoms with Crippen LogP contribution in [0.1, 0.15) is 24.8 Å². The molecular weight excluding hydrogens is 340 g/mol. The lowest BCUT2D eigenvalue weighted by atomic mass is 10.0. The fraction of sp³-hybridized carbons (Fsp3) is 0.611. The molecule has 0 aromatic heterocycles. The molecule has 1 aromatic rings. The first-order valence-corrected chi connectivity index (χ1v) is 9.73. The normalized spacial score (nSPS) is 20.8. The second-order valence-electron chi connectivity index (χ2n) is 7.04. The predicted molar refractivity (Wildman–Crippen MR) is 105 cm³/mol. The molecule has 4 nitrogen and oxygen atoms in total. The Morgan fingerprint density at radius 1 is 1.25 bits per heavy atom. The van der Waals surface area contributed by atoms with Crippen LogP contribution in [-0.2, 0) is 6.54 Å². The van der Waals surface area contributed by atoms with Crippen LogP contribution in [-0.4, -0.2) is 51.4 Å². The number of quaternary nitrogens is 2. The van der Waals surface area contributed by atoms with Crippen LogP contribution < -0.4 is 20.4 Å². The molecule has 24 heavy (non-hydrogen) atoms. The molecule has 0 radical (unpaired) electrons. The number of nitrogens with one attached hydrogen (secondary N) is 4. The quantitative estimate of drug-likeness (QED) is 0.399. The average Bonchev–Trinajstić information content (AvgIpc) is 2.55. The van der Waals surface area contributed by atoms with Crippen molar-refractivity contribution in [3.63, 3.8) is 0 Å². The lowest BCUT2D eigenvalue weighted by molar-refractivity contribution is -0.918. The second kappa shape index (κ2) is 10.2. The van der Waals surface area contributed by atoms with Crippen molar-refractivity contribution < 1.29 is 9.80 Å². The zero-order valence-corrected chi connectivity index (χ0v) is 16.4. The van der Waals surface area contributed by atoms with Crippen LogP contribution in [0.25, 0.3) is 0 Å². The van der Waals surface area contributed by atoms with Crippen LogP contribution in [0.15, 0.2) is 24.3 Å². The monoisotopic (exact) mass is 370 g/mol. The Balaban J connectivity index is 1.61. The van der Waals surface area contributed by atoms with Crippen molar-refractivity contribution in [2.24, 2.45) is 0 Å². The number of hydrogen-bond donors (Lipinski definition) is 4. The van der Waals surface area contributed by atoms with E-state index in [1.54, 1.807) is 4.90 Å². The van der Waals surface area contributed by atoms with E-state index in [-0.39, 0.29) is 0 Å². The average molecular weight is 371 g/mol. The number of rotatable bonds is 7. The third-order valence-corrected chi connectivity index (χ3v) is 5.05. The summed E-state index contributed by atoms with van der Waals surface area (Å²) in [5.41, 5.74) is 1.36. The molecular formula is C18H31ClN4S+2. The zero-order valence-electron chi connectivity index (χ0n) is 14.8. The molecule has 0 atom stereocenters. The minimum Gasteiger partial charge on any atom is -0.363 e. The van der Waals surface area contributed by atoms with Gasteiger partial charge in [-0.2, -0.15) is 0 Å². The molecule has 134 valence electrons. The van der Waals surface area contributed by atoms with Gasteiger partial charge in [-0.1, -0.05) is 23.7 Å². The van der Waals surface area contributed by atoms with Gasteiger partial charge in [-0.05, 0) is 24.4 Å². The largest absolute Gasteiger partial charge is 0.363 e. The summed E-state index contributed by atoms with van der Waals surface area (Å²) >= 11 is 11.4. The summed E-state index contributed by atoms with van der Waals surface area (Å²) in [5, 5.41) is 8.44. The third kappa shape index (κ3) is 7.34. The lowest BCUT2D eigenvalue weighted by Crippen LogP contribution is -3.12. The summed E-state index contributed by atoms with van der Waals surface area (Å²) in [6, 6.07) is 8.74. The van der Waals surface area contributed by atoms with Crippen molar-refractivity contribution in [3.05, 3.63) is 34.9 Å². The number of thiocarbonyl (C=S) groups is 1. The molecule has 1 aliphatic rings. The smallest absolute Gasteiger partial charge is 0.166 e. The van der Waals surface area contributed by atoms with E-state index in [1.807, 2.05) is 12.1 Å². The summed E-state index contributed by atoms with van der Waals surface area (Å²) in [7, 11) is 4.35. The van der Waals surface area contributed by atoms with E-state index in [0.29, 0.717) is 6.04 Å². The van der Waals surface area contributed by atoms with Crippen molar-refractivity contribution >= 4 is 28.9 Å². The van der Waals surface area contributed by atoms with Crippen LogP contribution in [0.3, 0.4) is 0 Å². The van der Waals surface area contributed by atoms with Gasteiger partial charge in [0.15, 0.2) is 5.11 Å². The van der Waals surface area contributed by atoms with E-state index in [9.17, 15) is 0 Å². The SMILES string of the molecule is C[NH+](C)CCCNC(=S)NC1CC[NH+](Cc2ccc(Cl)cc2)CC1. The molecule has 0 aliphatic carbocycles. The van der Waals surface area contributed by atoms with Gasteiger partial charge in [-0.15, -0.1) is 0 Å². The zero-order chi connectivity index (χ0) is 17.4. The van der Waals surface area contributed by atoms with Gasteiger partial charge < -0.3 is 20.4 Å². The summed E-state index contributed by atoms with van der Waals surface area (Å²) in [6.45, 7) is 5.58. The van der Waals surface area contributed by atoms with Gasteiger partial charge in [0.1, 0.15) is 6.54 Å². The fourth-order valence-electron chi connectivity index (χ4n) is 3.12. The highest BCUT2D eigenvalue weighted by atomic mass is 35.5. The standard InChI is InChI=1S/C18H29ClN4S/c1-22(2)11-3-10-20-18(24)21-17-8-12-23(13-9-17)14-15-4-6-16(19)7-5-15/h4-7,17H,3,8-14H2,1-2H3,(H2,20,21,24)/p+2. The number of piperidine rings is 1. The van der Waals surface area contributed by atoms with Gasteiger partial charge in [0.05, 0.1) is 33.7 Å². The first-order chi connectivity index (χ1) is 11.5. The maximum absolute atomic E-state index is 5.95. The molecule has 1 fully saturated rings. The third-order valence-electron chi connectivity index (χ3n) is 4.53. The number of likely N-dealkylation sites (tertiary alicyclic amines) is 1. The van der Waals surface area contributed by atoms with Crippen molar-refractivity contribution in [2.45, 2.75) is 31.8 Å². The Kier molecular flexibility index (Phi) is 8.25. The van der Waals surface area contributed by atoms with E-state index >= 15 is 0 Å². The summed E-state index contributed by atoms with van der Waals surface area (Å²) in [6.07, 6.45) is 3.49. The lowest BCUT2D eigenvalue weighted by Gasteiger charge is -2.30. The van der Waals surface area contributed by atoms with Gasteiger partial charge in [0, 0.05) is 42.4 Å². The summed E-state index contributed by atoms with van der Waals surface area (Å²) in [5.74, 6) is 0. The molecule has 1 heterocycles. The van der Waals surface area contributed by atoms with Crippen molar-refractivity contribution in [1.29, 1.82) is 0 Å². The van der Waals surface area contributed by atoms with E-state index in [4.69, 9.17) is 23.8 Å². The maximum atomic E-state index is 5.95. The van der Waals surface area contributed by atoms with Crippen LogP contribution in [0.4, 0.5) is 0 Å². The predicted octanol–water partition coefficient (Wildman–Crippen LogP) is -0.114. The summed E-state index contributed by atoms with van der Waals surface area (Å²) < 4.78 is 0. The molecule has 1 aliphatic heterocycles. The molecule has 2 rings (SSSR count). The van der Waals surface area contributed by atoms with Gasteiger partial charge in [-0.25, -0.2) is 0 Å². The highest BCUT2D eigenvalue weighted by molar-refractivity contribution is 7.80. The van der Waals surface area contributed by atoms with E-state index in [1.165, 1.54) is 42.9 Å². The Hall–Kier alpha value is -0.880. The molecule has 1 saturated heterocycles. The Labute approximate surface area is 156 Å². The molecule has 4 N–H and O–H groups in total. The minimum absolute atomic E-state index is 0.512. The Morgan fingerprint density at radius 2 is 1.92 bits per heavy atom. The van der Waals surface area contributed by atoms with Crippen LogP contribution >= 0.6 is 23.8 Å². The summed E-state index contributed by atoms with van der Waals surface area (Å²) in [4.78, 5) is 3.12. The van der Waals surface area contributed by atoms with Crippen LogP contribution in [0, 0.1) is 0 Å². The fourth-order valence-corrected chi connectivity index (χ4v) is 3.51. The molecule has 0 amide bonds. The van der Waals surface area contributed by atoms with Crippen LogP contribution in [0.2, 0.25) is 5.02 Å². The first-order valence-electron chi connectivity index (χ1n) is 8.94. The van der Waals surface area contributed by atoms with E-state index < -0.39 is 0 Å². The highest BCUT2D eigenvalue weighted by Crippen LogP contribution is 2.09. The second-order valence-corrected chi connectivity index (χ2v) is 7.88. The van der Waals surface area contributed by atoms with E-state index in [0.717, 1.165) is 29.6 Å². The molecule has 0 spiro atoms. The van der Waals surface area contributed by atoms with E-state index in [2.05, 4.69) is 36.9 Å². The molecule has 0 saturated carbocycles. The van der Waals surface area contributed by atoms with Gasteiger partial charge in [-0.3, -0.25) is 0 Å². The van der Waals surface area contributed by atoms with Gasteiger partial charge >= 0.3 is 0 Å². The molecule has 0 bridgehead atoms. The first kappa shape index (κ1) is 19.4. The molecule has 0 unspecified atom stereocenters. The number of hydrogen-bond acceptors (Lipinski definition) is 1. The van der Waals surface area contributed by atoms with Gasteiger partial charge in [0.2, 0.25) is 0 Å². The molecule has 6 heteroatoms.